The number of aliphatic hydroxyl groups excluding tert-OH is 2. The van der Waals surface area contributed by atoms with Crippen LogP contribution in [0.3, 0.4) is 0 Å². The summed E-state index contributed by atoms with van der Waals surface area (Å²) < 4.78 is 42.6. The van der Waals surface area contributed by atoms with Gasteiger partial charge in [-0.25, -0.2) is 18.5 Å². The van der Waals surface area contributed by atoms with Crippen LogP contribution in [0.5, 0.6) is 0 Å². The first-order valence-electron chi connectivity index (χ1n) is 8.07. The summed E-state index contributed by atoms with van der Waals surface area (Å²) in [4.78, 5) is 68.1. The molecule has 23 heteroatoms. The van der Waals surface area contributed by atoms with Gasteiger partial charge >= 0.3 is 29.2 Å². The average Bonchev–Trinajstić information content (AvgIpc) is 2.91. The number of aromatic nitrogens is 2. The molecule has 0 radical (unpaired) electrons. The molecule has 188 valence electrons. The summed E-state index contributed by atoms with van der Waals surface area (Å²) in [5.41, 5.74) is 7.47. The maximum absolute atomic E-state index is 11.9. The van der Waals surface area contributed by atoms with Gasteiger partial charge < -0.3 is 39.4 Å². The highest BCUT2D eigenvalue weighted by atomic mass is 31.3. The van der Waals surface area contributed by atoms with Crippen LogP contribution in [-0.2, 0) is 32.9 Å². The van der Waals surface area contributed by atoms with Gasteiger partial charge in [0.2, 0.25) is 5.85 Å². The molecule has 0 aromatic carbocycles. The number of aryl methyl sites for hydroxylation is 1. The zero-order valence-electron chi connectivity index (χ0n) is 16.2. The zero-order valence-corrected chi connectivity index (χ0v) is 18.9. The van der Waals surface area contributed by atoms with Gasteiger partial charge in [0.25, 0.3) is 5.56 Å². The Morgan fingerprint density at radius 1 is 1.24 bits per heavy atom. The molecule has 2 rings (SSSR count). The lowest BCUT2D eigenvalue weighted by Gasteiger charge is -2.25. The number of nitrogens with one attached hydrogen (secondary N) is 1. The van der Waals surface area contributed by atoms with Crippen molar-refractivity contribution in [3.63, 3.8) is 0 Å². The number of hydrogen-bond donors (Lipinski definition) is 8. The zero-order chi connectivity index (χ0) is 25.8. The summed E-state index contributed by atoms with van der Waals surface area (Å²) >= 11 is 0. The van der Waals surface area contributed by atoms with Crippen LogP contribution in [0, 0.1) is 6.92 Å². The third-order valence-electron chi connectivity index (χ3n) is 3.54. The molecule has 2 heterocycles. The van der Waals surface area contributed by atoms with E-state index in [1.54, 1.807) is 0 Å². The Balaban J connectivity index is 0.000000366. The summed E-state index contributed by atoms with van der Waals surface area (Å²) in [7, 11) is -16.2. The van der Waals surface area contributed by atoms with E-state index in [-0.39, 0.29) is 12.0 Å². The highest BCUT2D eigenvalue weighted by Crippen LogP contribution is 2.64. The van der Waals surface area contributed by atoms with Crippen LogP contribution in [0.1, 0.15) is 12.0 Å². The van der Waals surface area contributed by atoms with Crippen molar-refractivity contribution >= 4 is 23.5 Å². The molecule has 1 aromatic heterocycles. The summed E-state index contributed by atoms with van der Waals surface area (Å²) in [6.45, 7) is 0.967. The Bertz CT molecular complexity index is 1140. The quantitative estimate of drug-likeness (QED) is 0.0818. The highest BCUT2D eigenvalue weighted by molar-refractivity contribution is 7.66. The second-order valence-electron chi connectivity index (χ2n) is 6.10. The van der Waals surface area contributed by atoms with Gasteiger partial charge in [0.1, 0.15) is 6.10 Å². The Hall–Kier alpha value is -1.72. The van der Waals surface area contributed by atoms with Crippen LogP contribution in [0.2, 0.25) is 0 Å². The summed E-state index contributed by atoms with van der Waals surface area (Å²) in [5.74, 6) is -1.81. The predicted octanol–water partition coefficient (Wildman–Crippen LogP) is -1.79. The van der Waals surface area contributed by atoms with Crippen molar-refractivity contribution in [3.8, 4) is 0 Å². The summed E-state index contributed by atoms with van der Waals surface area (Å²) in [5, 5.41) is 22.3. The number of H-pyrrole nitrogens is 1. The minimum absolute atomic E-state index is 0.211. The Morgan fingerprint density at radius 3 is 2.15 bits per heavy atom. The molecule has 0 bridgehead atoms. The number of aromatic amines is 1. The van der Waals surface area contributed by atoms with Gasteiger partial charge in [-0.3, -0.25) is 14.3 Å². The smallest absolute Gasteiger partial charge is 0.394 e. The molecule has 0 unspecified atom stereocenters. The largest absolute Gasteiger partial charge is 0.490 e. The van der Waals surface area contributed by atoms with Gasteiger partial charge in [-0.2, -0.15) is 8.62 Å². The molecule has 0 amide bonds. The lowest BCUT2D eigenvalue weighted by molar-refractivity contribution is -0.115. The monoisotopic (exact) mass is 541 g/mol. The van der Waals surface area contributed by atoms with Gasteiger partial charge in [0.05, 0.1) is 12.7 Å². The second kappa shape index (κ2) is 10.7. The third kappa shape index (κ3) is 8.86. The number of ether oxygens (including phenoxy) is 1. The molecule has 20 nitrogen and oxygen atoms in total. The number of nitrogens with zero attached hydrogens (tertiary/aromatic N) is 4. The van der Waals surface area contributed by atoms with Crippen LogP contribution < -0.4 is 11.2 Å². The number of rotatable bonds is 7. The number of aliphatic hydroxyl groups is 2. The molecular formula is C10H18N5O15P3. The van der Waals surface area contributed by atoms with Crippen LogP contribution in [-0.4, -0.2) is 63.0 Å². The van der Waals surface area contributed by atoms with Crippen LogP contribution in [0.15, 0.2) is 20.9 Å². The van der Waals surface area contributed by atoms with Crippen LogP contribution in [0.4, 0.5) is 0 Å². The highest BCUT2D eigenvalue weighted by Gasteiger charge is 2.47. The van der Waals surface area contributed by atoms with Gasteiger partial charge in [0, 0.05) is 23.1 Å². The van der Waals surface area contributed by atoms with Crippen molar-refractivity contribution in [2.75, 3.05) is 6.61 Å². The number of phosphoric acid groups is 3. The lowest BCUT2D eigenvalue weighted by Crippen LogP contribution is -2.43. The molecule has 3 atom stereocenters. The van der Waals surface area contributed by atoms with Gasteiger partial charge in [-0.05, 0) is 17.6 Å². The number of hydrogen-bond acceptors (Lipinski definition) is 11. The van der Waals surface area contributed by atoms with E-state index in [1.165, 1.54) is 13.1 Å². The maximum Gasteiger partial charge on any atom is 0.490 e. The van der Waals surface area contributed by atoms with E-state index in [0.29, 0.717) is 0 Å². The van der Waals surface area contributed by atoms with E-state index in [0.717, 1.165) is 4.57 Å². The molecule has 1 saturated heterocycles. The van der Waals surface area contributed by atoms with Gasteiger partial charge in [0.15, 0.2) is 0 Å². The maximum atomic E-state index is 11.9. The lowest BCUT2D eigenvalue weighted by atomic mass is 10.1. The minimum Gasteiger partial charge on any atom is -0.394 e. The number of azide groups is 1. The molecule has 0 saturated carbocycles. The van der Waals surface area contributed by atoms with Crippen LogP contribution >= 0.6 is 23.5 Å². The SMILES string of the molecule is Cc1cn([C@@]2(N=[N+]=[N-])C[C@H](O)[C@@H](CO)O2)c(=O)[nH]c1=O.O=P(O)(O)OP(=O)(O)OP(=O)(O)O. The fourth-order valence-electron chi connectivity index (χ4n) is 2.38. The molecule has 8 N–H and O–H groups in total. The Labute approximate surface area is 181 Å². The van der Waals surface area contributed by atoms with Gasteiger partial charge in [-0.15, -0.1) is 0 Å². The fourth-order valence-corrected chi connectivity index (χ4v) is 4.92. The second-order valence-corrected chi connectivity index (χ2v) is 10.3. The van der Waals surface area contributed by atoms with Crippen LogP contribution in [0.25, 0.3) is 10.4 Å². The minimum atomic E-state index is -5.46. The van der Waals surface area contributed by atoms with Crippen molar-refractivity contribution < 1.29 is 61.7 Å². The summed E-state index contributed by atoms with van der Waals surface area (Å²) in [6, 6.07) is 0. The molecular weight excluding hydrogens is 523 g/mol. The summed E-state index contributed by atoms with van der Waals surface area (Å²) in [6.07, 6.45) is -1.13. The predicted molar refractivity (Wildman–Crippen MR) is 102 cm³/mol. The third-order valence-corrected chi connectivity index (χ3v) is 6.89. The first-order chi connectivity index (χ1) is 14.8. The topological polar surface area (TPSA) is 324 Å². The van der Waals surface area contributed by atoms with Crippen molar-refractivity contribution in [2.45, 2.75) is 31.4 Å². The van der Waals surface area contributed by atoms with Crippen molar-refractivity contribution in [3.05, 3.63) is 43.0 Å². The Morgan fingerprint density at radius 2 is 1.76 bits per heavy atom. The van der Waals surface area contributed by atoms with E-state index in [2.05, 4.69) is 23.6 Å². The van der Waals surface area contributed by atoms with Crippen molar-refractivity contribution in [1.29, 1.82) is 0 Å². The molecule has 33 heavy (non-hydrogen) atoms. The fraction of sp³-hybridized carbons (Fsp3) is 0.600. The average molecular weight is 541 g/mol. The molecule has 1 aromatic rings. The molecule has 0 spiro atoms. The molecule has 0 aliphatic carbocycles. The van der Waals surface area contributed by atoms with E-state index < -0.39 is 59.4 Å². The molecule has 1 aliphatic heterocycles. The molecule has 1 fully saturated rings. The van der Waals surface area contributed by atoms with Gasteiger partial charge in [-0.1, -0.05) is 0 Å². The first kappa shape index (κ1) is 29.3. The van der Waals surface area contributed by atoms with E-state index in [4.69, 9.17) is 39.8 Å². The first-order valence-corrected chi connectivity index (χ1v) is 12.6. The van der Waals surface area contributed by atoms with E-state index in [1.807, 2.05) is 0 Å². The van der Waals surface area contributed by atoms with Crippen molar-refractivity contribution in [1.82, 2.24) is 9.55 Å². The van der Waals surface area contributed by atoms with E-state index >= 15 is 0 Å². The van der Waals surface area contributed by atoms with Crippen molar-refractivity contribution in [2.24, 2.45) is 5.11 Å². The van der Waals surface area contributed by atoms with E-state index in [9.17, 15) is 28.4 Å². The molecule has 1 aliphatic rings. The normalized spacial score (nSPS) is 23.4. The standard InChI is InChI=1S/C10H13N5O5.H5O10P3/c1-5-3-15(9(19)12-8(5)18)10(13-14-11)2-6(17)7(4-16)20-10;1-11(2,3)9-13(7,8)10-12(4,5)6/h3,6-7,16-17H,2,4H2,1H3,(H,12,18,19);(H,7,8)(H2,1,2,3)(H2,4,5,6)/t6-,7+,10-;/m0./s1. The Kier molecular flexibility index (Phi) is 9.49.